The topological polar surface area (TPSA) is 23.6 Å². The molecule has 158 valence electrons. The quantitative estimate of drug-likeness (QED) is 0.537. The van der Waals surface area contributed by atoms with E-state index in [-0.39, 0.29) is 32.7 Å². The molecule has 2 heterocycles. The number of nitrogens with zero attached hydrogens (tertiary/aromatic N) is 2. The molecule has 0 atom stereocenters. The van der Waals surface area contributed by atoms with Crippen LogP contribution in [-0.2, 0) is 5.41 Å². The number of likely N-dealkylation sites (tertiary alicyclic amines) is 1. The van der Waals surface area contributed by atoms with E-state index in [1.807, 2.05) is 0 Å². The lowest BCUT2D eigenvalue weighted by Crippen LogP contribution is -2.46. The summed E-state index contributed by atoms with van der Waals surface area (Å²) in [7, 11) is 0. The molecule has 1 saturated heterocycles. The number of hydrogen-bond donors (Lipinski definition) is 0. The second-order valence-corrected chi connectivity index (χ2v) is 10.1. The van der Waals surface area contributed by atoms with Gasteiger partial charge in [-0.25, -0.2) is 4.39 Å². The van der Waals surface area contributed by atoms with Crippen LogP contribution in [0, 0.1) is 11.7 Å². The highest BCUT2D eigenvalue weighted by Crippen LogP contribution is 2.48. The fourth-order valence-corrected chi connectivity index (χ4v) is 5.94. The van der Waals surface area contributed by atoms with Crippen molar-refractivity contribution in [1.29, 1.82) is 0 Å². The molecule has 0 unspecified atom stereocenters. The molecule has 2 aliphatic heterocycles. The first kappa shape index (κ1) is 20.6. The van der Waals surface area contributed by atoms with E-state index >= 15 is 0 Å². The molecule has 7 heteroatoms. The van der Waals surface area contributed by atoms with Crippen LogP contribution in [-0.4, -0.2) is 37.0 Å². The Balaban J connectivity index is 1.47. The lowest BCUT2D eigenvalue weighted by atomic mass is 9.74. The van der Waals surface area contributed by atoms with Gasteiger partial charge in [0.25, 0.3) is 5.91 Å². The molecule has 0 bridgehead atoms. The van der Waals surface area contributed by atoms with Crippen molar-refractivity contribution in [3.05, 3.63) is 62.3 Å². The average Bonchev–Trinajstić information content (AvgIpc) is 3.46. The van der Waals surface area contributed by atoms with Gasteiger partial charge < -0.3 is 9.80 Å². The zero-order chi connectivity index (χ0) is 21.0. The Kier molecular flexibility index (Phi) is 5.26. The molecule has 1 aliphatic carbocycles. The number of fused-ring (bicyclic) bond motifs is 2. The third-order valence-electron chi connectivity index (χ3n) is 6.77. The lowest BCUT2D eigenvalue weighted by molar-refractivity contribution is 0.0976. The molecule has 2 fully saturated rings. The van der Waals surface area contributed by atoms with E-state index in [0.29, 0.717) is 11.6 Å². The zero-order valence-electron chi connectivity index (χ0n) is 16.4. The number of hydrogen-bond acceptors (Lipinski definition) is 2. The summed E-state index contributed by atoms with van der Waals surface area (Å²) >= 11 is 18.7. The molecule has 2 aromatic rings. The molecular weight excluding hydrogens is 446 g/mol. The van der Waals surface area contributed by atoms with Gasteiger partial charge in [0.05, 0.1) is 15.6 Å². The van der Waals surface area contributed by atoms with E-state index in [1.165, 1.54) is 31.0 Å². The molecule has 1 saturated carbocycles. The van der Waals surface area contributed by atoms with Crippen LogP contribution < -0.4 is 4.90 Å². The van der Waals surface area contributed by atoms with Crippen LogP contribution >= 0.6 is 34.8 Å². The molecule has 3 nitrogen and oxygen atoms in total. The lowest BCUT2D eigenvalue weighted by Gasteiger charge is -2.40. The summed E-state index contributed by atoms with van der Waals surface area (Å²) in [5, 5.41) is 0.827. The van der Waals surface area contributed by atoms with Gasteiger partial charge in [-0.2, -0.15) is 0 Å². The second-order valence-electron chi connectivity index (χ2n) is 8.82. The van der Waals surface area contributed by atoms with Crippen molar-refractivity contribution in [3.8, 4) is 0 Å². The Morgan fingerprint density at radius 1 is 1.07 bits per heavy atom. The number of anilines is 1. The number of benzene rings is 2. The SMILES string of the molecule is O=C(c1c(Cl)cc(Cl)cc1Cl)N1CC2(CCN(CC3CC3)CC2)c2cc(F)ccc21. The van der Waals surface area contributed by atoms with Crippen LogP contribution in [0.1, 0.15) is 41.6 Å². The first-order chi connectivity index (χ1) is 14.4. The van der Waals surface area contributed by atoms with Crippen molar-refractivity contribution in [2.45, 2.75) is 31.1 Å². The van der Waals surface area contributed by atoms with Gasteiger partial charge >= 0.3 is 0 Å². The van der Waals surface area contributed by atoms with Gasteiger partial charge in [0.1, 0.15) is 5.82 Å². The number of amides is 1. The zero-order valence-corrected chi connectivity index (χ0v) is 18.7. The molecule has 0 aromatic heterocycles. The second kappa shape index (κ2) is 7.67. The standard InChI is InChI=1S/C23H22Cl3FN2O/c24-15-9-18(25)21(19(26)10-15)22(30)29-13-23(17-11-16(27)3-4-20(17)29)5-7-28(8-6-23)12-14-1-2-14/h3-4,9-11,14H,1-2,5-8,12-13H2. The maximum absolute atomic E-state index is 14.2. The third kappa shape index (κ3) is 3.62. The van der Waals surface area contributed by atoms with Gasteiger partial charge in [-0.05, 0) is 80.6 Å². The largest absolute Gasteiger partial charge is 0.307 e. The van der Waals surface area contributed by atoms with Crippen LogP contribution in [0.15, 0.2) is 30.3 Å². The van der Waals surface area contributed by atoms with E-state index in [9.17, 15) is 9.18 Å². The Labute approximate surface area is 190 Å². The van der Waals surface area contributed by atoms with Gasteiger partial charge in [-0.3, -0.25) is 4.79 Å². The molecule has 3 aliphatic rings. The van der Waals surface area contributed by atoms with Gasteiger partial charge in [0, 0.05) is 29.2 Å². The van der Waals surface area contributed by atoms with Gasteiger partial charge in [0.15, 0.2) is 0 Å². The van der Waals surface area contributed by atoms with E-state index < -0.39 is 0 Å². The maximum atomic E-state index is 14.2. The number of carbonyl (C=O) groups is 1. The fourth-order valence-electron chi connectivity index (χ4n) is 4.96. The number of rotatable bonds is 3. The minimum absolute atomic E-state index is 0.223. The molecule has 1 spiro atoms. The molecule has 0 N–H and O–H groups in total. The predicted octanol–water partition coefficient (Wildman–Crippen LogP) is 6.19. The minimum atomic E-state index is -0.273. The summed E-state index contributed by atoms with van der Waals surface area (Å²) in [5.74, 6) is 0.303. The molecular formula is C23H22Cl3FN2O. The van der Waals surface area contributed by atoms with E-state index in [4.69, 9.17) is 34.8 Å². The summed E-state index contributed by atoms with van der Waals surface area (Å²) < 4.78 is 14.2. The van der Waals surface area contributed by atoms with Gasteiger partial charge in [-0.1, -0.05) is 34.8 Å². The molecule has 30 heavy (non-hydrogen) atoms. The number of carbonyl (C=O) groups excluding carboxylic acids is 1. The average molecular weight is 468 g/mol. The summed E-state index contributed by atoms with van der Waals surface area (Å²) in [6.07, 6.45) is 4.48. The summed E-state index contributed by atoms with van der Waals surface area (Å²) in [6.45, 7) is 3.61. The Hall–Kier alpha value is -1.33. The van der Waals surface area contributed by atoms with Gasteiger partial charge in [0.2, 0.25) is 0 Å². The van der Waals surface area contributed by atoms with E-state index in [1.54, 1.807) is 17.0 Å². The Bertz CT molecular complexity index is 992. The number of halogens is 4. The molecule has 2 aromatic carbocycles. The maximum Gasteiger partial charge on any atom is 0.261 e. The van der Waals surface area contributed by atoms with Crippen LogP contribution in [0.2, 0.25) is 15.1 Å². The van der Waals surface area contributed by atoms with Crippen LogP contribution in [0.25, 0.3) is 0 Å². The van der Waals surface area contributed by atoms with Crippen molar-refractivity contribution >= 4 is 46.4 Å². The summed E-state index contributed by atoms with van der Waals surface area (Å²) in [6, 6.07) is 7.76. The minimum Gasteiger partial charge on any atom is -0.307 e. The van der Waals surface area contributed by atoms with Gasteiger partial charge in [-0.15, -0.1) is 0 Å². The number of piperidine rings is 1. The van der Waals surface area contributed by atoms with Crippen molar-refractivity contribution in [2.24, 2.45) is 5.92 Å². The van der Waals surface area contributed by atoms with Crippen LogP contribution in [0.3, 0.4) is 0 Å². The fraction of sp³-hybridized carbons (Fsp3) is 0.435. The monoisotopic (exact) mass is 466 g/mol. The molecule has 0 radical (unpaired) electrons. The predicted molar refractivity (Wildman–Crippen MR) is 120 cm³/mol. The normalized spacial score (nSPS) is 20.6. The third-order valence-corrected chi connectivity index (χ3v) is 7.59. The highest BCUT2D eigenvalue weighted by molar-refractivity contribution is 6.42. The first-order valence-electron chi connectivity index (χ1n) is 10.4. The van der Waals surface area contributed by atoms with Crippen molar-refractivity contribution < 1.29 is 9.18 Å². The van der Waals surface area contributed by atoms with Crippen LogP contribution in [0.5, 0.6) is 0 Å². The summed E-state index contributed by atoms with van der Waals surface area (Å²) in [4.78, 5) is 17.7. The van der Waals surface area contributed by atoms with Crippen molar-refractivity contribution in [3.63, 3.8) is 0 Å². The highest BCUT2D eigenvalue weighted by Gasteiger charge is 2.47. The van der Waals surface area contributed by atoms with Crippen LogP contribution in [0.4, 0.5) is 10.1 Å². The van der Waals surface area contributed by atoms with E-state index in [0.717, 1.165) is 49.6 Å². The van der Waals surface area contributed by atoms with Crippen molar-refractivity contribution in [2.75, 3.05) is 31.1 Å². The smallest absolute Gasteiger partial charge is 0.261 e. The Morgan fingerprint density at radius 3 is 2.37 bits per heavy atom. The molecule has 1 amide bonds. The summed E-state index contributed by atoms with van der Waals surface area (Å²) in [5.41, 5.74) is 1.67. The Morgan fingerprint density at radius 2 is 1.73 bits per heavy atom. The van der Waals surface area contributed by atoms with Crippen molar-refractivity contribution in [1.82, 2.24) is 4.90 Å². The van der Waals surface area contributed by atoms with E-state index in [2.05, 4.69) is 4.90 Å². The highest BCUT2D eigenvalue weighted by atomic mass is 35.5. The molecule has 5 rings (SSSR count). The first-order valence-corrected chi connectivity index (χ1v) is 11.5.